The summed E-state index contributed by atoms with van der Waals surface area (Å²) >= 11 is 0. The number of hydrogen-bond acceptors (Lipinski definition) is 9. The number of halogens is 2. The third kappa shape index (κ3) is 6.73. The Morgan fingerprint density at radius 3 is 2.66 bits per heavy atom. The Morgan fingerprint density at radius 1 is 1.24 bits per heavy atom. The molecule has 3 fully saturated rings. The second-order valence-electron chi connectivity index (χ2n) is 12.8. The number of aliphatic hydroxyl groups is 1. The highest BCUT2D eigenvalue weighted by Gasteiger charge is 2.46. The summed E-state index contributed by atoms with van der Waals surface area (Å²) in [4.78, 5) is 18.0. The van der Waals surface area contributed by atoms with Gasteiger partial charge >= 0.3 is 0 Å². The predicted octanol–water partition coefficient (Wildman–Crippen LogP) is 4.07. The number of aromatic nitrogens is 5. The fourth-order valence-corrected chi connectivity index (χ4v) is 5.46. The summed E-state index contributed by atoms with van der Waals surface area (Å²) in [6, 6.07) is 1.16. The van der Waals surface area contributed by atoms with Gasteiger partial charge in [-0.05, 0) is 81.5 Å². The van der Waals surface area contributed by atoms with Gasteiger partial charge in [-0.1, -0.05) is 5.16 Å². The van der Waals surface area contributed by atoms with Crippen LogP contribution in [0.15, 0.2) is 23.1 Å². The molecule has 0 aliphatic heterocycles. The number of carbonyl (C=O) groups is 1. The summed E-state index contributed by atoms with van der Waals surface area (Å²) in [5.41, 5.74) is 2.32. The van der Waals surface area contributed by atoms with Crippen LogP contribution in [0.1, 0.15) is 111 Å². The van der Waals surface area contributed by atoms with Crippen molar-refractivity contribution in [2.75, 3.05) is 6.61 Å². The lowest BCUT2D eigenvalue weighted by Gasteiger charge is -2.36. The topological polar surface area (TPSA) is 140 Å². The minimum Gasteiger partial charge on any atom is -0.379 e. The molecule has 3 atom stereocenters. The van der Waals surface area contributed by atoms with Gasteiger partial charge in [0.2, 0.25) is 5.92 Å². The molecule has 0 saturated heterocycles. The smallest absolute Gasteiger partial charge is 0.276 e. The van der Waals surface area contributed by atoms with Crippen LogP contribution in [-0.4, -0.2) is 60.3 Å². The number of nitrogens with zero attached hydrogens (tertiary/aromatic N) is 5. The van der Waals surface area contributed by atoms with Crippen LogP contribution in [0, 0.1) is 11.8 Å². The lowest BCUT2D eigenvalue weighted by molar-refractivity contribution is -0.121. The van der Waals surface area contributed by atoms with Crippen LogP contribution in [0.2, 0.25) is 0 Å². The molecule has 1 amide bonds. The highest BCUT2D eigenvalue weighted by molar-refractivity contribution is 5.93. The Balaban J connectivity index is 1.20. The van der Waals surface area contributed by atoms with Crippen LogP contribution in [0.5, 0.6) is 0 Å². The predicted molar refractivity (Wildman–Crippen MR) is 142 cm³/mol. The molecule has 1 unspecified atom stereocenters. The molecular formula is C28H37F2N7O4. The van der Waals surface area contributed by atoms with E-state index < -0.39 is 29.7 Å². The van der Waals surface area contributed by atoms with E-state index in [4.69, 9.17) is 14.3 Å². The Bertz CT molecular complexity index is 1390. The van der Waals surface area contributed by atoms with E-state index in [1.54, 1.807) is 16.9 Å². The molecule has 3 aromatic rings. The molecule has 222 valence electrons. The number of aliphatic hydroxyl groups excluding tert-OH is 1. The molecule has 0 radical (unpaired) electrons. The third-order valence-electron chi connectivity index (χ3n) is 7.95. The van der Waals surface area contributed by atoms with Crippen molar-refractivity contribution in [2.45, 2.75) is 101 Å². The fourth-order valence-electron chi connectivity index (χ4n) is 5.46. The molecule has 6 rings (SSSR count). The van der Waals surface area contributed by atoms with Gasteiger partial charge in [0.15, 0.2) is 11.3 Å². The lowest BCUT2D eigenvalue weighted by Crippen LogP contribution is -2.41. The molecule has 3 N–H and O–H groups in total. The minimum atomic E-state index is -2.60. The van der Waals surface area contributed by atoms with Gasteiger partial charge in [-0.15, -0.1) is 0 Å². The van der Waals surface area contributed by atoms with Gasteiger partial charge < -0.3 is 15.2 Å². The van der Waals surface area contributed by atoms with Crippen molar-refractivity contribution in [2.24, 2.45) is 11.8 Å². The van der Waals surface area contributed by atoms with Crippen LogP contribution in [0.3, 0.4) is 0 Å². The monoisotopic (exact) mass is 573 g/mol. The maximum atomic E-state index is 13.3. The normalized spacial score (nSPS) is 21.4. The zero-order chi connectivity index (χ0) is 28.9. The van der Waals surface area contributed by atoms with Crippen LogP contribution < -0.4 is 10.6 Å². The van der Waals surface area contributed by atoms with Crippen LogP contribution in [-0.2, 0) is 4.74 Å². The number of hydrogen-bond donors (Lipinski definition) is 3. The molecule has 3 aliphatic rings. The molecule has 3 saturated carbocycles. The van der Waals surface area contributed by atoms with E-state index in [1.807, 2.05) is 26.8 Å². The quantitative estimate of drug-likeness (QED) is 0.274. The maximum absolute atomic E-state index is 13.3. The molecule has 0 spiro atoms. The highest BCUT2D eigenvalue weighted by Crippen LogP contribution is 2.45. The number of alkyl halides is 2. The van der Waals surface area contributed by atoms with Crippen LogP contribution in [0.25, 0.3) is 5.65 Å². The van der Waals surface area contributed by atoms with E-state index in [-0.39, 0.29) is 43.0 Å². The van der Waals surface area contributed by atoms with Crippen molar-refractivity contribution in [3.63, 3.8) is 0 Å². The Labute approximate surface area is 236 Å². The lowest BCUT2D eigenvalue weighted by atomic mass is 9.79. The van der Waals surface area contributed by atoms with Gasteiger partial charge in [-0.2, -0.15) is 5.10 Å². The first kappa shape index (κ1) is 28.1. The van der Waals surface area contributed by atoms with E-state index in [0.29, 0.717) is 29.4 Å². The second-order valence-corrected chi connectivity index (χ2v) is 12.8. The standard InChI is InChI=1S/C28H37F2N7O4/c1-27(2,3)40-14-20(33-26(39)25-24(17-6-7-17)35-41-36-25)19-13-37-21(32-19)9-18(12-31-37)23(16-4-5-16)34-22(38)8-15-10-28(29,30)11-15/h9,12-13,15-17,20,22-23,34,38H,4-8,10-11,14H2,1-3H3,(H,33,39)/t20-,22?,23+/m0/s1. The van der Waals surface area contributed by atoms with Crippen molar-refractivity contribution < 1.29 is 28.0 Å². The van der Waals surface area contributed by atoms with E-state index in [2.05, 4.69) is 26.0 Å². The van der Waals surface area contributed by atoms with Gasteiger partial charge in [0, 0.05) is 24.8 Å². The molecule has 0 aromatic carbocycles. The first-order valence-electron chi connectivity index (χ1n) is 14.4. The summed E-state index contributed by atoms with van der Waals surface area (Å²) in [5.74, 6) is -2.66. The number of fused-ring (bicyclic) bond motifs is 1. The van der Waals surface area contributed by atoms with Crippen molar-refractivity contribution in [1.82, 2.24) is 35.5 Å². The molecular weight excluding hydrogens is 536 g/mol. The Hall–Kier alpha value is -3.03. The summed E-state index contributed by atoms with van der Waals surface area (Å²) in [7, 11) is 0. The van der Waals surface area contributed by atoms with Crippen molar-refractivity contribution in [1.29, 1.82) is 0 Å². The summed E-state index contributed by atoms with van der Waals surface area (Å²) in [6.07, 6.45) is 6.49. The van der Waals surface area contributed by atoms with Gasteiger partial charge in [-0.25, -0.2) is 22.9 Å². The van der Waals surface area contributed by atoms with Gasteiger partial charge in [0.1, 0.15) is 11.9 Å². The van der Waals surface area contributed by atoms with Crippen molar-refractivity contribution in [3.05, 3.63) is 41.1 Å². The molecule has 0 bridgehead atoms. The molecule has 3 aliphatic carbocycles. The van der Waals surface area contributed by atoms with Gasteiger partial charge in [0.05, 0.1) is 36.3 Å². The third-order valence-corrected chi connectivity index (χ3v) is 7.95. The Morgan fingerprint density at radius 2 is 2.00 bits per heavy atom. The molecule has 41 heavy (non-hydrogen) atoms. The van der Waals surface area contributed by atoms with E-state index in [9.17, 15) is 18.7 Å². The summed E-state index contributed by atoms with van der Waals surface area (Å²) in [5, 5.41) is 29.2. The SMILES string of the molecule is CC(C)(C)OC[C@H](NC(=O)c1nonc1C1CC1)c1cn2ncc([C@H](NC(O)CC3CC(F)(F)C3)C3CC3)cc2n1. The maximum Gasteiger partial charge on any atom is 0.276 e. The zero-order valence-corrected chi connectivity index (χ0v) is 23.5. The number of ether oxygens (including phenoxy) is 1. The molecule has 11 nitrogen and oxygen atoms in total. The minimum absolute atomic E-state index is 0.163. The van der Waals surface area contributed by atoms with Crippen molar-refractivity contribution >= 4 is 11.6 Å². The number of amides is 1. The first-order valence-corrected chi connectivity index (χ1v) is 14.4. The number of rotatable bonds is 12. The second kappa shape index (κ2) is 10.7. The fraction of sp³-hybridized carbons (Fsp3) is 0.679. The van der Waals surface area contributed by atoms with Crippen LogP contribution in [0.4, 0.5) is 8.78 Å². The van der Waals surface area contributed by atoms with E-state index >= 15 is 0 Å². The number of nitrogens with one attached hydrogen (secondary N) is 2. The summed E-state index contributed by atoms with van der Waals surface area (Å²) < 4.78 is 39.0. The Kier molecular flexibility index (Phi) is 7.31. The highest BCUT2D eigenvalue weighted by atomic mass is 19.3. The van der Waals surface area contributed by atoms with Gasteiger partial charge in [-0.3, -0.25) is 10.1 Å². The summed E-state index contributed by atoms with van der Waals surface area (Å²) in [6.45, 7) is 5.99. The average molecular weight is 574 g/mol. The van der Waals surface area contributed by atoms with E-state index in [0.717, 1.165) is 31.2 Å². The molecule has 3 aromatic heterocycles. The molecule has 13 heteroatoms. The van der Waals surface area contributed by atoms with Crippen molar-refractivity contribution in [3.8, 4) is 0 Å². The van der Waals surface area contributed by atoms with Crippen LogP contribution >= 0.6 is 0 Å². The molecule has 3 heterocycles. The van der Waals surface area contributed by atoms with E-state index in [1.165, 1.54) is 0 Å². The number of imidazole rings is 1. The number of carbonyl (C=O) groups excluding carboxylic acids is 1. The average Bonchev–Trinajstić information content (AvgIpc) is 3.81. The first-order chi connectivity index (χ1) is 19.4. The zero-order valence-electron chi connectivity index (χ0n) is 23.5. The largest absolute Gasteiger partial charge is 0.379 e. The van der Waals surface area contributed by atoms with Gasteiger partial charge in [0.25, 0.3) is 5.91 Å².